The molecule has 17 nitrogen and oxygen atoms in total. The van der Waals surface area contributed by atoms with Gasteiger partial charge in [-0.1, -0.05) is 84.6 Å². The van der Waals surface area contributed by atoms with Crippen molar-refractivity contribution in [1.29, 1.82) is 0 Å². The molecule has 3 saturated heterocycles. The molecule has 0 aromatic heterocycles. The van der Waals surface area contributed by atoms with Crippen molar-refractivity contribution < 1.29 is 53.3 Å². The number of anilines is 3. The molecule has 3 amide bonds. The maximum Gasteiger partial charge on any atom is 0.421 e. The molecule has 6 aromatic rings. The fraction of sp³-hybridized carbons (Fsp3) is 0.263. The number of carbonyl (C=O) groups excluding carboxylic acids is 4. The van der Waals surface area contributed by atoms with E-state index in [0.717, 1.165) is 10.6 Å². The summed E-state index contributed by atoms with van der Waals surface area (Å²) in [5.41, 5.74) is 1.73. The van der Waals surface area contributed by atoms with E-state index < -0.39 is 64.4 Å². The van der Waals surface area contributed by atoms with Gasteiger partial charge >= 0.3 is 12.1 Å². The van der Waals surface area contributed by atoms with Gasteiger partial charge in [0, 0.05) is 48.6 Å². The molecule has 10 rings (SSSR count). The largest absolute Gasteiger partial charge is 0.491 e. The highest BCUT2D eigenvalue weighted by Gasteiger charge is 2.76. The molecule has 1 spiro atoms. The lowest BCUT2D eigenvalue weighted by Crippen LogP contribution is -2.54. The standard InChI is InChI=1S/C57H51N5O12/c63-29-8-7-10-37-19-26-47-46(34-37)57(55(67)60(47)56(68)73-36-38-17-22-44(23-18-38)62(69)70)48(53(65)58-42-20-24-43(25-21-42)59-27-31-71-32-28-59)50-54(66)74-51(40-13-5-2-6-14-40)49(39-11-3-1-4-12-39)61(50)52(57)41-15-9-16-45(35-41)72-33-30-64/h1-6,9,11-26,34-35,48-52,63-64H,8,27-33,36H2,(H,58,65)/t48-,49-,50-,51+,52+,57-/m1/s1. The Morgan fingerprint density at radius 2 is 1.50 bits per heavy atom. The Bertz CT molecular complexity index is 3120. The number of rotatable bonds is 13. The average molecular weight is 998 g/mol. The van der Waals surface area contributed by atoms with Crippen LogP contribution in [0.2, 0.25) is 0 Å². The number of aliphatic hydroxyl groups is 2. The minimum Gasteiger partial charge on any atom is -0.491 e. The molecule has 3 N–H and O–H groups in total. The van der Waals surface area contributed by atoms with Crippen LogP contribution in [0.15, 0.2) is 152 Å². The first-order valence-electron chi connectivity index (χ1n) is 24.3. The molecule has 0 bridgehead atoms. The summed E-state index contributed by atoms with van der Waals surface area (Å²) in [5, 5.41) is 34.1. The number of hydrogen-bond donors (Lipinski definition) is 3. The van der Waals surface area contributed by atoms with E-state index in [0.29, 0.717) is 65.6 Å². The number of imide groups is 1. The lowest BCUT2D eigenvalue weighted by Gasteiger charge is -2.46. The van der Waals surface area contributed by atoms with Crippen LogP contribution in [0.3, 0.4) is 0 Å². The van der Waals surface area contributed by atoms with Gasteiger partial charge in [0.25, 0.3) is 5.69 Å². The number of nitrogens with zero attached hydrogens (tertiary/aromatic N) is 4. The number of nitrogens with one attached hydrogen (secondary N) is 1. The van der Waals surface area contributed by atoms with E-state index in [9.17, 15) is 25.1 Å². The summed E-state index contributed by atoms with van der Waals surface area (Å²) in [6, 6.07) is 39.3. The molecule has 0 saturated carbocycles. The lowest BCUT2D eigenvalue weighted by molar-refractivity contribution is -0.384. The van der Waals surface area contributed by atoms with Crippen molar-refractivity contribution in [2.45, 2.75) is 42.7 Å². The molecule has 3 fully saturated rings. The van der Waals surface area contributed by atoms with E-state index >= 15 is 14.4 Å². The Hall–Kier alpha value is -8.40. The molecule has 0 unspecified atom stereocenters. The van der Waals surface area contributed by atoms with Crippen molar-refractivity contribution in [2.75, 3.05) is 61.2 Å². The van der Waals surface area contributed by atoms with Crippen molar-refractivity contribution in [3.05, 3.63) is 195 Å². The highest BCUT2D eigenvalue weighted by molar-refractivity contribution is 6.24. The molecule has 0 aliphatic carbocycles. The number of fused-ring (bicyclic) bond motifs is 3. The zero-order valence-electron chi connectivity index (χ0n) is 40.0. The smallest absolute Gasteiger partial charge is 0.421 e. The highest BCUT2D eigenvalue weighted by atomic mass is 16.6. The van der Waals surface area contributed by atoms with Crippen LogP contribution < -0.4 is 19.9 Å². The van der Waals surface area contributed by atoms with Crippen LogP contribution in [0.5, 0.6) is 5.75 Å². The van der Waals surface area contributed by atoms with Crippen molar-refractivity contribution in [3.63, 3.8) is 0 Å². The molecule has 6 atom stereocenters. The maximum atomic E-state index is 16.6. The van der Waals surface area contributed by atoms with E-state index in [4.69, 9.17) is 18.9 Å². The normalized spacial score (nSPS) is 22.0. The summed E-state index contributed by atoms with van der Waals surface area (Å²) in [7, 11) is 0. The van der Waals surface area contributed by atoms with E-state index in [1.54, 1.807) is 54.6 Å². The molecule has 74 heavy (non-hydrogen) atoms. The summed E-state index contributed by atoms with van der Waals surface area (Å²) in [6.45, 7) is 1.51. The number of carbonyl (C=O) groups is 4. The Morgan fingerprint density at radius 3 is 2.19 bits per heavy atom. The molecule has 17 heteroatoms. The quantitative estimate of drug-likeness (QED) is 0.0453. The van der Waals surface area contributed by atoms with Crippen molar-refractivity contribution >= 4 is 46.6 Å². The van der Waals surface area contributed by atoms with Crippen molar-refractivity contribution in [2.24, 2.45) is 5.92 Å². The van der Waals surface area contributed by atoms with E-state index in [2.05, 4.69) is 22.1 Å². The van der Waals surface area contributed by atoms with Crippen LogP contribution in [0.1, 0.15) is 58.0 Å². The number of esters is 1. The Labute approximate surface area is 426 Å². The summed E-state index contributed by atoms with van der Waals surface area (Å²) in [4.78, 5) is 79.0. The fourth-order valence-electron chi connectivity index (χ4n) is 10.8. The third-order valence-electron chi connectivity index (χ3n) is 13.9. The number of hydrogen-bond acceptors (Lipinski definition) is 14. The molecular formula is C57H51N5O12. The first-order valence-corrected chi connectivity index (χ1v) is 24.3. The first kappa shape index (κ1) is 49.2. The monoisotopic (exact) mass is 997 g/mol. The average Bonchev–Trinajstić information content (AvgIpc) is 3.90. The number of cyclic esters (lactones) is 1. The van der Waals surface area contributed by atoms with E-state index in [1.165, 1.54) is 24.3 Å². The van der Waals surface area contributed by atoms with Crippen LogP contribution in [0.25, 0.3) is 0 Å². The van der Waals surface area contributed by atoms with Crippen LogP contribution in [-0.4, -0.2) is 96.1 Å². The fourth-order valence-corrected chi connectivity index (χ4v) is 10.8. The summed E-state index contributed by atoms with van der Waals surface area (Å²) in [6.07, 6.45) is -1.97. The first-order chi connectivity index (χ1) is 36.1. The van der Waals surface area contributed by atoms with Gasteiger partial charge in [-0.3, -0.25) is 29.4 Å². The maximum absolute atomic E-state index is 16.6. The zero-order chi connectivity index (χ0) is 51.3. The van der Waals surface area contributed by atoms with Gasteiger partial charge in [0.1, 0.15) is 36.5 Å². The van der Waals surface area contributed by atoms with Crippen LogP contribution in [0.4, 0.5) is 27.5 Å². The number of morpholine rings is 2. The van der Waals surface area contributed by atoms with Crippen molar-refractivity contribution in [1.82, 2.24) is 4.90 Å². The Kier molecular flexibility index (Phi) is 14.2. The third-order valence-corrected chi connectivity index (χ3v) is 13.9. The van der Waals surface area contributed by atoms with Crippen molar-refractivity contribution in [3.8, 4) is 17.6 Å². The van der Waals surface area contributed by atoms with Gasteiger partial charge in [-0.15, -0.1) is 0 Å². The van der Waals surface area contributed by atoms with Crippen LogP contribution >= 0.6 is 0 Å². The van der Waals surface area contributed by atoms with Gasteiger partial charge in [-0.05, 0) is 94.5 Å². The minimum absolute atomic E-state index is 0.0610. The Balaban J connectivity index is 1.21. The SMILES string of the molecule is O=C1O[C@@H](c2ccccc2)[C@@H](c2ccccc2)N2[C@@H](c3cccc(OCCO)c3)[C@]3(C(=O)N(C(=O)OCc4ccc([N+](=O)[O-])cc4)c4ccc(C#CCCO)cc43)[C@@H](C(=O)Nc3ccc(N4CCOCC4)cc3)[C@H]12. The molecule has 6 aromatic carbocycles. The minimum atomic E-state index is -2.17. The molecular weight excluding hydrogens is 947 g/mol. The molecule has 376 valence electrons. The van der Waals surface area contributed by atoms with Gasteiger partial charge in [0.05, 0.1) is 55.0 Å². The van der Waals surface area contributed by atoms with E-state index in [1.807, 2.05) is 77.7 Å². The van der Waals surface area contributed by atoms with Crippen LogP contribution in [-0.2, 0) is 40.6 Å². The van der Waals surface area contributed by atoms with Gasteiger partial charge in [-0.25, -0.2) is 9.69 Å². The second kappa shape index (κ2) is 21.4. The van der Waals surface area contributed by atoms with Gasteiger partial charge in [-0.2, -0.15) is 0 Å². The summed E-state index contributed by atoms with van der Waals surface area (Å²) < 4.78 is 24.1. The summed E-state index contributed by atoms with van der Waals surface area (Å²) in [5.74, 6) is 2.28. The molecule has 4 heterocycles. The third kappa shape index (κ3) is 9.20. The number of benzene rings is 6. The number of nitro benzene ring substituents is 1. The number of non-ortho nitro benzene ring substituents is 1. The van der Waals surface area contributed by atoms with Crippen LogP contribution in [0, 0.1) is 27.9 Å². The Morgan fingerprint density at radius 1 is 0.797 bits per heavy atom. The predicted octanol–water partition coefficient (Wildman–Crippen LogP) is 7.18. The molecule has 0 radical (unpaired) electrons. The van der Waals surface area contributed by atoms with Gasteiger partial charge in [0.2, 0.25) is 11.8 Å². The number of nitro groups is 1. The van der Waals surface area contributed by atoms with Gasteiger partial charge in [0.15, 0.2) is 0 Å². The highest BCUT2D eigenvalue weighted by Crippen LogP contribution is 2.66. The zero-order valence-corrected chi connectivity index (χ0v) is 40.0. The van der Waals surface area contributed by atoms with E-state index in [-0.39, 0.29) is 49.8 Å². The predicted molar refractivity (Wildman–Crippen MR) is 271 cm³/mol. The van der Waals surface area contributed by atoms with Gasteiger partial charge < -0.3 is 39.4 Å². The molecule has 4 aliphatic heterocycles. The summed E-state index contributed by atoms with van der Waals surface area (Å²) >= 11 is 0. The number of amides is 3. The molecule has 4 aliphatic rings. The second-order valence-corrected chi connectivity index (χ2v) is 18.2. The topological polar surface area (TPSA) is 211 Å². The number of ether oxygens (including phenoxy) is 4. The second-order valence-electron chi connectivity index (χ2n) is 18.2. The number of aliphatic hydroxyl groups excluding tert-OH is 2. The lowest BCUT2D eigenvalue weighted by atomic mass is 9.65.